The van der Waals surface area contributed by atoms with Crippen LogP contribution < -0.4 is 10.5 Å². The van der Waals surface area contributed by atoms with Crippen molar-refractivity contribution in [2.45, 2.75) is 18.7 Å². The summed E-state index contributed by atoms with van der Waals surface area (Å²) in [5.41, 5.74) is 8.01. The Morgan fingerprint density at radius 2 is 1.71 bits per heavy atom. The number of nitrogens with two attached hydrogens (primary N) is 1. The fraction of sp³-hybridized carbons (Fsp3) is 0.143. The van der Waals surface area contributed by atoms with E-state index in [0.717, 1.165) is 3.57 Å². The molecule has 0 radical (unpaired) electrons. The molecule has 7 heteroatoms. The standard InChI is InChI=1S/C14H14ClIN2O2S/c1-8-5-11(17)6-9(2)14(8)21(19,20)18-13-4-3-10(15)7-12(13)16/h3-7,18H,17H2,1-2H3. The minimum atomic E-state index is -3.68. The maximum absolute atomic E-state index is 12.6. The highest BCUT2D eigenvalue weighted by Gasteiger charge is 2.21. The molecule has 0 aromatic heterocycles. The van der Waals surface area contributed by atoms with Crippen molar-refractivity contribution < 1.29 is 8.42 Å². The van der Waals surface area contributed by atoms with E-state index in [9.17, 15) is 8.42 Å². The quantitative estimate of drug-likeness (QED) is 0.565. The molecule has 0 aliphatic carbocycles. The van der Waals surface area contributed by atoms with Crippen molar-refractivity contribution >= 4 is 55.6 Å². The fourth-order valence-corrected chi connectivity index (χ4v) is 4.90. The predicted molar refractivity (Wildman–Crippen MR) is 95.3 cm³/mol. The molecule has 0 aliphatic rings. The molecule has 2 aromatic carbocycles. The first-order valence-electron chi connectivity index (χ1n) is 6.05. The van der Waals surface area contributed by atoms with Crippen LogP contribution in [0, 0.1) is 17.4 Å². The van der Waals surface area contributed by atoms with Crippen LogP contribution in [-0.2, 0) is 10.0 Å². The second-order valence-corrected chi connectivity index (χ2v) is 7.93. The van der Waals surface area contributed by atoms with E-state index >= 15 is 0 Å². The molecule has 112 valence electrons. The number of benzene rings is 2. The second-order valence-electron chi connectivity index (χ2n) is 4.71. The van der Waals surface area contributed by atoms with Crippen molar-refractivity contribution in [1.82, 2.24) is 0 Å². The van der Waals surface area contributed by atoms with E-state index in [4.69, 9.17) is 17.3 Å². The van der Waals surface area contributed by atoms with Crippen LogP contribution in [-0.4, -0.2) is 8.42 Å². The number of anilines is 2. The molecular weight excluding hydrogens is 423 g/mol. The van der Waals surface area contributed by atoms with Gasteiger partial charge in [0.25, 0.3) is 10.0 Å². The van der Waals surface area contributed by atoms with Crippen LogP contribution in [0.4, 0.5) is 11.4 Å². The Hall–Kier alpha value is -0.990. The van der Waals surface area contributed by atoms with Gasteiger partial charge in [-0.15, -0.1) is 0 Å². The number of nitrogen functional groups attached to an aromatic ring is 1. The van der Waals surface area contributed by atoms with E-state index in [0.29, 0.717) is 27.5 Å². The van der Waals surface area contributed by atoms with Crippen molar-refractivity contribution in [3.63, 3.8) is 0 Å². The summed E-state index contributed by atoms with van der Waals surface area (Å²) in [5, 5.41) is 0.558. The number of sulfonamides is 1. The highest BCUT2D eigenvalue weighted by atomic mass is 127. The Labute approximate surface area is 142 Å². The molecule has 3 N–H and O–H groups in total. The number of aryl methyl sites for hydroxylation is 2. The third-order valence-corrected chi connectivity index (χ3v) is 5.72. The second kappa shape index (κ2) is 6.02. The summed E-state index contributed by atoms with van der Waals surface area (Å²) in [7, 11) is -3.68. The third kappa shape index (κ3) is 3.61. The summed E-state index contributed by atoms with van der Waals surface area (Å²) in [6.45, 7) is 3.45. The molecule has 0 fully saturated rings. The summed E-state index contributed by atoms with van der Waals surface area (Å²) in [4.78, 5) is 0.252. The first-order chi connectivity index (χ1) is 9.70. The molecule has 0 spiro atoms. The SMILES string of the molecule is Cc1cc(N)cc(C)c1S(=O)(=O)Nc1ccc(Cl)cc1I. The molecule has 0 saturated heterocycles. The maximum Gasteiger partial charge on any atom is 0.262 e. The lowest BCUT2D eigenvalue weighted by molar-refractivity contribution is 0.600. The Morgan fingerprint density at radius 1 is 1.14 bits per heavy atom. The molecule has 0 atom stereocenters. The number of rotatable bonds is 3. The van der Waals surface area contributed by atoms with Crippen LogP contribution in [0.15, 0.2) is 35.2 Å². The van der Waals surface area contributed by atoms with E-state index in [1.807, 2.05) is 22.6 Å². The van der Waals surface area contributed by atoms with Gasteiger partial charge in [0.2, 0.25) is 0 Å². The van der Waals surface area contributed by atoms with Crippen LogP contribution in [0.1, 0.15) is 11.1 Å². The van der Waals surface area contributed by atoms with Crippen molar-refractivity contribution in [2.24, 2.45) is 0 Å². The van der Waals surface area contributed by atoms with Gasteiger partial charge in [-0.2, -0.15) is 0 Å². The molecule has 0 heterocycles. The van der Waals surface area contributed by atoms with E-state index in [-0.39, 0.29) is 4.90 Å². The van der Waals surface area contributed by atoms with Crippen LogP contribution in [0.5, 0.6) is 0 Å². The third-order valence-electron chi connectivity index (χ3n) is 2.93. The molecule has 2 rings (SSSR count). The molecular formula is C14H14ClIN2O2S. The minimum Gasteiger partial charge on any atom is -0.399 e. The molecule has 0 amide bonds. The lowest BCUT2D eigenvalue weighted by atomic mass is 10.1. The van der Waals surface area contributed by atoms with Gasteiger partial charge in [0.1, 0.15) is 0 Å². The van der Waals surface area contributed by atoms with Gasteiger partial charge in [-0.05, 0) is 77.9 Å². The van der Waals surface area contributed by atoms with Crippen molar-refractivity contribution in [2.75, 3.05) is 10.5 Å². The van der Waals surface area contributed by atoms with Crippen molar-refractivity contribution in [1.29, 1.82) is 0 Å². The fourth-order valence-electron chi connectivity index (χ4n) is 2.18. The first kappa shape index (κ1) is 16.4. The Morgan fingerprint density at radius 3 is 2.24 bits per heavy atom. The van der Waals surface area contributed by atoms with E-state index in [2.05, 4.69) is 4.72 Å². The average molecular weight is 437 g/mol. The smallest absolute Gasteiger partial charge is 0.262 e. The largest absolute Gasteiger partial charge is 0.399 e. The highest BCUT2D eigenvalue weighted by molar-refractivity contribution is 14.1. The van der Waals surface area contributed by atoms with Crippen LogP contribution in [0.3, 0.4) is 0 Å². The molecule has 0 aliphatic heterocycles. The Bertz CT molecular complexity index is 784. The van der Waals surface area contributed by atoms with Gasteiger partial charge in [-0.25, -0.2) is 8.42 Å². The number of halogens is 2. The zero-order valence-corrected chi connectivity index (χ0v) is 15.2. The van der Waals surface area contributed by atoms with Gasteiger partial charge in [0.05, 0.1) is 10.6 Å². The van der Waals surface area contributed by atoms with Crippen LogP contribution >= 0.6 is 34.2 Å². The highest BCUT2D eigenvalue weighted by Crippen LogP contribution is 2.28. The molecule has 0 unspecified atom stereocenters. The number of nitrogens with one attached hydrogen (secondary N) is 1. The summed E-state index contributed by atoms with van der Waals surface area (Å²) < 4.78 is 28.5. The van der Waals surface area contributed by atoms with Crippen LogP contribution in [0.2, 0.25) is 5.02 Å². The van der Waals surface area contributed by atoms with Gasteiger partial charge in [-0.3, -0.25) is 4.72 Å². The van der Waals surface area contributed by atoms with E-state index in [1.54, 1.807) is 44.2 Å². The summed E-state index contributed by atoms with van der Waals surface area (Å²) >= 11 is 7.91. The average Bonchev–Trinajstić information content (AvgIpc) is 2.30. The minimum absolute atomic E-state index is 0.252. The van der Waals surface area contributed by atoms with Crippen LogP contribution in [0.25, 0.3) is 0 Å². The van der Waals surface area contributed by atoms with Gasteiger partial charge in [0.15, 0.2) is 0 Å². The monoisotopic (exact) mass is 436 g/mol. The van der Waals surface area contributed by atoms with Crippen molar-refractivity contribution in [3.05, 3.63) is 50.1 Å². The molecule has 21 heavy (non-hydrogen) atoms. The maximum atomic E-state index is 12.6. The van der Waals surface area contributed by atoms with Gasteiger partial charge >= 0.3 is 0 Å². The summed E-state index contributed by atoms with van der Waals surface area (Å²) in [5.74, 6) is 0. The molecule has 0 bridgehead atoms. The summed E-state index contributed by atoms with van der Waals surface area (Å²) in [6, 6.07) is 8.28. The number of hydrogen-bond acceptors (Lipinski definition) is 3. The Kier molecular flexibility index (Phi) is 4.69. The molecule has 0 saturated carbocycles. The van der Waals surface area contributed by atoms with Gasteiger partial charge < -0.3 is 5.73 Å². The zero-order chi connectivity index (χ0) is 15.8. The first-order valence-corrected chi connectivity index (χ1v) is 8.99. The zero-order valence-electron chi connectivity index (χ0n) is 11.4. The van der Waals surface area contributed by atoms with Gasteiger partial charge in [0, 0.05) is 14.3 Å². The lowest BCUT2D eigenvalue weighted by Gasteiger charge is -2.14. The topological polar surface area (TPSA) is 72.2 Å². The van der Waals surface area contributed by atoms with Crippen molar-refractivity contribution in [3.8, 4) is 0 Å². The Balaban J connectivity index is 2.48. The normalized spacial score (nSPS) is 11.4. The number of hydrogen-bond donors (Lipinski definition) is 2. The van der Waals surface area contributed by atoms with E-state index in [1.165, 1.54) is 0 Å². The molecule has 2 aromatic rings. The lowest BCUT2D eigenvalue weighted by Crippen LogP contribution is -2.16. The van der Waals surface area contributed by atoms with Gasteiger partial charge in [-0.1, -0.05) is 11.6 Å². The van der Waals surface area contributed by atoms with E-state index < -0.39 is 10.0 Å². The molecule has 4 nitrogen and oxygen atoms in total. The predicted octanol–water partition coefficient (Wildman–Crippen LogP) is 3.94. The summed E-state index contributed by atoms with van der Waals surface area (Å²) in [6.07, 6.45) is 0.